The van der Waals surface area contributed by atoms with E-state index < -0.39 is 38.0 Å². The van der Waals surface area contributed by atoms with Gasteiger partial charge in [-0.25, -0.2) is 17.6 Å². The molecule has 1 aliphatic heterocycles. The average Bonchev–Trinajstić information content (AvgIpc) is 2.47. The number of nitrogens with zero attached hydrogens (tertiary/aromatic N) is 1. The van der Waals surface area contributed by atoms with Crippen LogP contribution in [0.1, 0.15) is 10.4 Å². The van der Waals surface area contributed by atoms with Crippen molar-refractivity contribution in [2.24, 2.45) is 0 Å². The van der Waals surface area contributed by atoms with Crippen molar-refractivity contribution in [3.63, 3.8) is 0 Å². The third-order valence-electron chi connectivity index (χ3n) is 3.06. The zero-order chi connectivity index (χ0) is 15.6. The molecule has 1 aromatic carbocycles. The number of carboxylic acids is 1. The van der Waals surface area contributed by atoms with Gasteiger partial charge in [0, 0.05) is 13.1 Å². The highest BCUT2D eigenvalue weighted by Gasteiger charge is 2.29. The molecule has 0 saturated carbocycles. The first-order chi connectivity index (χ1) is 9.87. The molecule has 1 aliphatic rings. The molecule has 116 valence electrons. The van der Waals surface area contributed by atoms with Crippen molar-refractivity contribution in [1.82, 2.24) is 4.31 Å². The van der Waals surface area contributed by atoms with Crippen molar-refractivity contribution < 1.29 is 32.2 Å². The fraction of sp³-hybridized carbons (Fsp3) is 0.417. The third-order valence-corrected chi connectivity index (χ3v) is 4.94. The van der Waals surface area contributed by atoms with Crippen molar-refractivity contribution in [1.29, 1.82) is 0 Å². The van der Waals surface area contributed by atoms with Crippen molar-refractivity contribution in [2.75, 3.05) is 33.4 Å². The summed E-state index contributed by atoms with van der Waals surface area (Å²) in [6, 6.07) is 1.66. The normalized spacial score (nSPS) is 16.7. The SMILES string of the molecule is COc1c(F)cc(S(=O)(=O)N2CCOCC2)cc1C(=O)O. The number of carbonyl (C=O) groups is 1. The number of benzene rings is 1. The molecule has 0 aliphatic carbocycles. The Hall–Kier alpha value is -1.71. The number of ether oxygens (including phenoxy) is 2. The van der Waals surface area contributed by atoms with Crippen LogP contribution in [0.25, 0.3) is 0 Å². The lowest BCUT2D eigenvalue weighted by Gasteiger charge is -2.26. The quantitative estimate of drug-likeness (QED) is 0.871. The molecule has 0 spiro atoms. The van der Waals surface area contributed by atoms with Gasteiger partial charge in [-0.2, -0.15) is 4.31 Å². The molecule has 0 bridgehead atoms. The Balaban J connectivity index is 2.51. The van der Waals surface area contributed by atoms with E-state index in [-0.39, 0.29) is 26.3 Å². The molecule has 1 N–H and O–H groups in total. The summed E-state index contributed by atoms with van der Waals surface area (Å²) in [4.78, 5) is 10.7. The number of rotatable bonds is 4. The highest BCUT2D eigenvalue weighted by molar-refractivity contribution is 7.89. The minimum atomic E-state index is -3.97. The van der Waals surface area contributed by atoms with E-state index in [1.54, 1.807) is 0 Å². The lowest BCUT2D eigenvalue weighted by Crippen LogP contribution is -2.40. The number of halogens is 1. The highest BCUT2D eigenvalue weighted by atomic mass is 32.2. The predicted octanol–water partition coefficient (Wildman–Crippen LogP) is 0.553. The molecule has 0 atom stereocenters. The molecule has 2 rings (SSSR count). The molecular weight excluding hydrogens is 305 g/mol. The second-order valence-electron chi connectivity index (χ2n) is 4.31. The van der Waals surface area contributed by atoms with Gasteiger partial charge < -0.3 is 14.6 Å². The molecule has 7 nitrogen and oxygen atoms in total. The van der Waals surface area contributed by atoms with Crippen molar-refractivity contribution in [2.45, 2.75) is 4.90 Å². The summed E-state index contributed by atoms with van der Waals surface area (Å²) in [7, 11) is -2.86. The van der Waals surface area contributed by atoms with Crippen molar-refractivity contribution in [3.8, 4) is 5.75 Å². The molecule has 0 unspecified atom stereocenters. The minimum Gasteiger partial charge on any atom is -0.493 e. The van der Waals surface area contributed by atoms with Gasteiger partial charge in [-0.3, -0.25) is 0 Å². The average molecular weight is 319 g/mol. The van der Waals surface area contributed by atoms with Gasteiger partial charge in [-0.05, 0) is 12.1 Å². The number of methoxy groups -OCH3 is 1. The maximum atomic E-state index is 13.9. The zero-order valence-corrected chi connectivity index (χ0v) is 12.0. The van der Waals surface area contributed by atoms with Crippen LogP contribution in [0.5, 0.6) is 5.75 Å². The van der Waals surface area contributed by atoms with Crippen LogP contribution in [0.2, 0.25) is 0 Å². The Bertz CT molecular complexity index is 654. The fourth-order valence-electron chi connectivity index (χ4n) is 2.02. The predicted molar refractivity (Wildman–Crippen MR) is 69.5 cm³/mol. The van der Waals surface area contributed by atoms with E-state index in [0.717, 1.165) is 23.5 Å². The fourth-order valence-corrected chi connectivity index (χ4v) is 3.47. The second-order valence-corrected chi connectivity index (χ2v) is 6.25. The van der Waals surface area contributed by atoms with Crippen LogP contribution in [0, 0.1) is 5.82 Å². The van der Waals surface area contributed by atoms with E-state index in [4.69, 9.17) is 9.84 Å². The van der Waals surface area contributed by atoms with E-state index in [9.17, 15) is 17.6 Å². The summed E-state index contributed by atoms with van der Waals surface area (Å²) in [6.07, 6.45) is 0. The number of aromatic carboxylic acids is 1. The van der Waals surface area contributed by atoms with Crippen LogP contribution in [0.3, 0.4) is 0 Å². The number of hydrogen-bond donors (Lipinski definition) is 1. The van der Waals surface area contributed by atoms with Crippen LogP contribution in [-0.2, 0) is 14.8 Å². The third kappa shape index (κ3) is 2.99. The molecule has 1 saturated heterocycles. The van der Waals surface area contributed by atoms with Gasteiger partial charge >= 0.3 is 5.97 Å². The van der Waals surface area contributed by atoms with Gasteiger partial charge in [0.1, 0.15) is 5.56 Å². The van der Waals surface area contributed by atoms with Gasteiger partial charge in [-0.15, -0.1) is 0 Å². The summed E-state index contributed by atoms with van der Waals surface area (Å²) >= 11 is 0. The molecule has 1 aromatic rings. The van der Waals surface area contributed by atoms with Gasteiger partial charge in [0.2, 0.25) is 10.0 Å². The summed E-state index contributed by atoms with van der Waals surface area (Å²) in [5.74, 6) is -3.00. The van der Waals surface area contributed by atoms with Gasteiger partial charge in [0.15, 0.2) is 11.6 Å². The molecule has 9 heteroatoms. The standard InChI is InChI=1S/C12H14FNO6S/c1-19-11-9(12(15)16)6-8(7-10(11)13)21(17,18)14-2-4-20-5-3-14/h6-7H,2-5H2,1H3,(H,15,16). The van der Waals surface area contributed by atoms with E-state index in [2.05, 4.69) is 4.74 Å². The summed E-state index contributed by atoms with van der Waals surface area (Å²) in [6.45, 7) is 0.754. The molecule has 1 fully saturated rings. The second kappa shape index (κ2) is 5.96. The highest BCUT2D eigenvalue weighted by Crippen LogP contribution is 2.28. The van der Waals surface area contributed by atoms with Gasteiger partial charge in [0.05, 0.1) is 25.2 Å². The van der Waals surface area contributed by atoms with E-state index in [1.165, 1.54) is 0 Å². The zero-order valence-electron chi connectivity index (χ0n) is 11.2. The lowest BCUT2D eigenvalue weighted by atomic mass is 10.2. The Morgan fingerprint density at radius 3 is 2.52 bits per heavy atom. The number of hydrogen-bond acceptors (Lipinski definition) is 5. The lowest BCUT2D eigenvalue weighted by molar-refractivity contribution is 0.0691. The molecular formula is C12H14FNO6S. The summed E-state index contributed by atoms with van der Waals surface area (Å²) in [5, 5.41) is 9.05. The van der Waals surface area contributed by atoms with Gasteiger partial charge in [0.25, 0.3) is 0 Å². The van der Waals surface area contributed by atoms with Crippen LogP contribution < -0.4 is 4.74 Å². The number of morpholine rings is 1. The Morgan fingerprint density at radius 1 is 1.38 bits per heavy atom. The monoisotopic (exact) mass is 319 g/mol. The topological polar surface area (TPSA) is 93.1 Å². The Morgan fingerprint density at radius 2 is 2.00 bits per heavy atom. The molecule has 0 amide bonds. The molecule has 0 aromatic heterocycles. The minimum absolute atomic E-state index is 0.137. The van der Waals surface area contributed by atoms with E-state index in [1.807, 2.05) is 0 Å². The van der Waals surface area contributed by atoms with Crippen molar-refractivity contribution in [3.05, 3.63) is 23.5 Å². The number of carboxylic acid groups (broad SMARTS) is 1. The van der Waals surface area contributed by atoms with Crippen LogP contribution in [0.4, 0.5) is 4.39 Å². The molecule has 21 heavy (non-hydrogen) atoms. The van der Waals surface area contributed by atoms with Crippen LogP contribution in [0.15, 0.2) is 17.0 Å². The Kier molecular flexibility index (Phi) is 4.45. The first-order valence-corrected chi connectivity index (χ1v) is 7.50. The van der Waals surface area contributed by atoms with Crippen molar-refractivity contribution >= 4 is 16.0 Å². The largest absolute Gasteiger partial charge is 0.493 e. The molecule has 1 heterocycles. The van der Waals surface area contributed by atoms with E-state index >= 15 is 0 Å². The smallest absolute Gasteiger partial charge is 0.339 e. The first kappa shape index (κ1) is 15.7. The molecule has 0 radical (unpaired) electrons. The maximum absolute atomic E-state index is 13.9. The summed E-state index contributed by atoms with van der Waals surface area (Å²) < 4.78 is 49.5. The Labute approximate surface area is 120 Å². The van der Waals surface area contributed by atoms with E-state index in [0.29, 0.717) is 0 Å². The number of sulfonamides is 1. The summed E-state index contributed by atoms with van der Waals surface area (Å²) in [5.41, 5.74) is -0.538. The van der Waals surface area contributed by atoms with Gasteiger partial charge in [-0.1, -0.05) is 0 Å². The van der Waals surface area contributed by atoms with Crippen LogP contribution >= 0.6 is 0 Å². The van der Waals surface area contributed by atoms with Crippen LogP contribution in [-0.4, -0.2) is 57.2 Å². The first-order valence-electron chi connectivity index (χ1n) is 6.06. The maximum Gasteiger partial charge on any atom is 0.339 e.